The lowest BCUT2D eigenvalue weighted by molar-refractivity contribution is -0.163. The summed E-state index contributed by atoms with van der Waals surface area (Å²) in [4.78, 5) is 0. The molecule has 0 atom stereocenters. The summed E-state index contributed by atoms with van der Waals surface area (Å²) in [7, 11) is 0. The Hall–Kier alpha value is -1.64. The van der Waals surface area contributed by atoms with Gasteiger partial charge >= 0.3 is 0 Å². The zero-order valence-corrected chi connectivity index (χ0v) is 14.5. The van der Waals surface area contributed by atoms with Crippen LogP contribution < -0.4 is 0 Å². The van der Waals surface area contributed by atoms with Gasteiger partial charge in [0.2, 0.25) is 0 Å². The molecule has 2 aromatic rings. The van der Waals surface area contributed by atoms with Gasteiger partial charge in [0, 0.05) is 0 Å². The van der Waals surface area contributed by atoms with E-state index in [9.17, 15) is 0 Å². The van der Waals surface area contributed by atoms with Crippen LogP contribution in [0.2, 0.25) is 0 Å². The number of ether oxygens (including phenoxy) is 2. The first kappa shape index (κ1) is 20.4. The standard InChI is InChI=1S/C21H28O2.CH4/c1-21(2,3)15-14-20(22-16-18-10-6-4-7-11-18)23-17-19-12-8-5-9-13-19;/h4-13,20H,14-17H2,1-3H3;1H4. The number of hydrogen-bond acceptors (Lipinski definition) is 2. The second kappa shape index (κ2) is 10.3. The molecule has 2 rings (SSSR count). The quantitative estimate of drug-likeness (QED) is 0.536. The largest absolute Gasteiger partial charge is 0.348 e. The molecule has 0 fully saturated rings. The molecular weight excluding hydrogens is 296 g/mol. The highest BCUT2D eigenvalue weighted by atomic mass is 16.7. The Morgan fingerprint density at radius 3 is 1.54 bits per heavy atom. The first-order valence-electron chi connectivity index (χ1n) is 8.34. The van der Waals surface area contributed by atoms with Crippen LogP contribution in [0.3, 0.4) is 0 Å². The van der Waals surface area contributed by atoms with Gasteiger partial charge in [-0.25, -0.2) is 0 Å². The monoisotopic (exact) mass is 328 g/mol. The minimum atomic E-state index is -0.172. The van der Waals surface area contributed by atoms with Crippen LogP contribution in [0.5, 0.6) is 0 Å². The third-order valence-corrected chi connectivity index (χ3v) is 3.69. The molecule has 132 valence electrons. The molecule has 0 bridgehead atoms. The summed E-state index contributed by atoms with van der Waals surface area (Å²) in [6.07, 6.45) is 1.80. The molecule has 0 aromatic heterocycles. The van der Waals surface area contributed by atoms with Crippen LogP contribution >= 0.6 is 0 Å². The van der Waals surface area contributed by atoms with Gasteiger partial charge in [-0.3, -0.25) is 0 Å². The van der Waals surface area contributed by atoms with Crippen LogP contribution in [0.4, 0.5) is 0 Å². The van der Waals surface area contributed by atoms with E-state index in [1.165, 1.54) is 11.1 Å². The van der Waals surface area contributed by atoms with Gasteiger partial charge in [-0.15, -0.1) is 0 Å². The lowest BCUT2D eigenvalue weighted by atomic mass is 9.90. The predicted molar refractivity (Wildman–Crippen MR) is 102 cm³/mol. The third-order valence-electron chi connectivity index (χ3n) is 3.69. The summed E-state index contributed by atoms with van der Waals surface area (Å²) in [6, 6.07) is 20.5. The molecule has 0 aliphatic carbocycles. The summed E-state index contributed by atoms with van der Waals surface area (Å²) in [5.41, 5.74) is 2.64. The molecule has 2 heteroatoms. The van der Waals surface area contributed by atoms with Gasteiger partial charge in [0.15, 0.2) is 6.29 Å². The first-order valence-corrected chi connectivity index (χ1v) is 8.34. The Kier molecular flexibility index (Phi) is 8.73. The molecule has 24 heavy (non-hydrogen) atoms. The van der Waals surface area contributed by atoms with E-state index in [-0.39, 0.29) is 19.1 Å². The highest BCUT2D eigenvalue weighted by Gasteiger charge is 2.16. The molecule has 0 aliphatic heterocycles. The van der Waals surface area contributed by atoms with Gasteiger partial charge in [0.1, 0.15) is 0 Å². The second-order valence-electron chi connectivity index (χ2n) is 7.12. The Labute approximate surface area is 147 Å². The van der Waals surface area contributed by atoms with Gasteiger partial charge < -0.3 is 9.47 Å². The van der Waals surface area contributed by atoms with Gasteiger partial charge in [-0.05, 0) is 29.4 Å². The third kappa shape index (κ3) is 8.28. The Morgan fingerprint density at radius 2 is 1.17 bits per heavy atom. The van der Waals surface area contributed by atoms with Gasteiger partial charge in [0.25, 0.3) is 0 Å². The SMILES string of the molecule is C.CC(C)(C)CCC(OCc1ccccc1)OCc1ccccc1. The van der Waals surface area contributed by atoms with E-state index >= 15 is 0 Å². The average molecular weight is 328 g/mol. The molecule has 0 saturated heterocycles. The minimum Gasteiger partial charge on any atom is -0.348 e. The molecule has 0 amide bonds. The van der Waals surface area contributed by atoms with Crippen LogP contribution in [0.25, 0.3) is 0 Å². The fraction of sp³-hybridized carbons (Fsp3) is 0.455. The van der Waals surface area contributed by atoms with E-state index in [0.717, 1.165) is 12.8 Å². The Bertz CT molecular complexity index is 500. The van der Waals surface area contributed by atoms with Crippen LogP contribution in [0, 0.1) is 5.41 Å². The van der Waals surface area contributed by atoms with Crippen LogP contribution in [-0.4, -0.2) is 6.29 Å². The van der Waals surface area contributed by atoms with Crippen molar-refractivity contribution in [2.75, 3.05) is 0 Å². The van der Waals surface area contributed by atoms with E-state index < -0.39 is 0 Å². The number of benzene rings is 2. The molecule has 0 heterocycles. The Morgan fingerprint density at radius 1 is 0.750 bits per heavy atom. The summed E-state index contributed by atoms with van der Waals surface area (Å²) in [6.45, 7) is 7.92. The van der Waals surface area contributed by atoms with E-state index in [0.29, 0.717) is 13.2 Å². The molecule has 0 aliphatic rings. The van der Waals surface area contributed by atoms with Crippen molar-refractivity contribution in [2.45, 2.75) is 60.5 Å². The summed E-state index contributed by atoms with van der Waals surface area (Å²) < 4.78 is 12.0. The van der Waals surface area contributed by atoms with Crippen molar-refractivity contribution < 1.29 is 9.47 Å². The van der Waals surface area contributed by atoms with Gasteiger partial charge in [-0.2, -0.15) is 0 Å². The van der Waals surface area contributed by atoms with Crippen molar-refractivity contribution in [1.29, 1.82) is 0 Å². The lowest BCUT2D eigenvalue weighted by Gasteiger charge is -2.24. The van der Waals surface area contributed by atoms with Crippen molar-refractivity contribution in [3.05, 3.63) is 71.8 Å². The minimum absolute atomic E-state index is 0. The summed E-state index contributed by atoms with van der Waals surface area (Å²) in [5.74, 6) is 0. The Balaban J connectivity index is 0.00000288. The smallest absolute Gasteiger partial charge is 0.158 e. The molecule has 0 unspecified atom stereocenters. The van der Waals surface area contributed by atoms with E-state index in [4.69, 9.17) is 9.47 Å². The highest BCUT2D eigenvalue weighted by molar-refractivity contribution is 5.14. The fourth-order valence-corrected chi connectivity index (χ4v) is 2.29. The van der Waals surface area contributed by atoms with Crippen LogP contribution in [-0.2, 0) is 22.7 Å². The molecule has 0 radical (unpaired) electrons. The van der Waals surface area contributed by atoms with E-state index in [1.54, 1.807) is 0 Å². The number of rotatable bonds is 8. The predicted octanol–water partition coefficient (Wildman–Crippen LogP) is 6.21. The molecule has 2 aromatic carbocycles. The maximum atomic E-state index is 6.02. The van der Waals surface area contributed by atoms with Gasteiger partial charge in [0.05, 0.1) is 13.2 Å². The van der Waals surface area contributed by atoms with E-state index in [1.807, 2.05) is 36.4 Å². The molecule has 2 nitrogen and oxygen atoms in total. The second-order valence-corrected chi connectivity index (χ2v) is 7.12. The maximum absolute atomic E-state index is 6.02. The zero-order chi connectivity index (χ0) is 16.5. The maximum Gasteiger partial charge on any atom is 0.158 e. The zero-order valence-electron chi connectivity index (χ0n) is 14.5. The highest BCUT2D eigenvalue weighted by Crippen LogP contribution is 2.23. The fourth-order valence-electron chi connectivity index (χ4n) is 2.29. The van der Waals surface area contributed by atoms with Crippen molar-refractivity contribution in [1.82, 2.24) is 0 Å². The average Bonchev–Trinajstić information content (AvgIpc) is 2.55. The topological polar surface area (TPSA) is 18.5 Å². The summed E-state index contributed by atoms with van der Waals surface area (Å²) in [5, 5.41) is 0. The van der Waals surface area contributed by atoms with Crippen molar-refractivity contribution in [3.63, 3.8) is 0 Å². The molecule has 0 saturated carbocycles. The normalized spacial score (nSPS) is 11.3. The number of hydrogen-bond donors (Lipinski definition) is 0. The lowest BCUT2D eigenvalue weighted by Crippen LogP contribution is -2.20. The summed E-state index contributed by atoms with van der Waals surface area (Å²) >= 11 is 0. The van der Waals surface area contributed by atoms with Crippen molar-refractivity contribution in [3.8, 4) is 0 Å². The van der Waals surface area contributed by atoms with Crippen LogP contribution in [0.15, 0.2) is 60.7 Å². The van der Waals surface area contributed by atoms with Gasteiger partial charge in [-0.1, -0.05) is 88.9 Å². The molecule has 0 N–H and O–H groups in total. The van der Waals surface area contributed by atoms with Crippen LogP contribution in [0.1, 0.15) is 52.2 Å². The van der Waals surface area contributed by atoms with Crippen molar-refractivity contribution in [2.24, 2.45) is 5.41 Å². The molecule has 0 spiro atoms. The first-order chi connectivity index (χ1) is 11.0. The molecular formula is C22H32O2. The van der Waals surface area contributed by atoms with Crippen molar-refractivity contribution >= 4 is 0 Å². The van der Waals surface area contributed by atoms with E-state index in [2.05, 4.69) is 45.0 Å².